The van der Waals surface area contributed by atoms with Crippen LogP contribution in [0.4, 0.5) is 15.8 Å². The summed E-state index contributed by atoms with van der Waals surface area (Å²) in [6.07, 6.45) is 7.39. The summed E-state index contributed by atoms with van der Waals surface area (Å²) in [7, 11) is 0. The molecule has 3 amide bonds. The average molecular weight is 768 g/mol. The molecule has 6 aliphatic rings. The minimum Gasteiger partial charge on any atom is -0.508 e. The highest BCUT2D eigenvalue weighted by Gasteiger charge is 2.47. The van der Waals surface area contributed by atoms with Gasteiger partial charge in [-0.2, -0.15) is 0 Å². The quantitative estimate of drug-likeness (QED) is 0.232. The highest BCUT2D eigenvalue weighted by molar-refractivity contribution is 6.09. The lowest BCUT2D eigenvalue weighted by Crippen LogP contribution is -2.64. The van der Waals surface area contributed by atoms with Crippen molar-refractivity contribution < 1.29 is 28.6 Å². The molecule has 1 unspecified atom stereocenters. The van der Waals surface area contributed by atoms with E-state index in [1.54, 1.807) is 18.2 Å². The summed E-state index contributed by atoms with van der Waals surface area (Å²) in [6.45, 7) is 6.99. The standard InChI is InChI=1S/C46H46FN5O5/c47-39-4-2-1-3-36(39)38-26-57-41-24-34(53)10-12-37(41)43(38)29-5-7-31(8-6-29)50-21-17-46(18-22-50)27-51(28-46)32-15-19-49(20-16-32)33-9-11-35-30(23-33)25-52(45(35)56)40-13-14-42(54)48-44(40)55/h1-14,23-24,32,38,40,43,53H,15-22,25-28H2,(H,48,54,55)/t38-,40?,43-/m1/s1. The van der Waals surface area contributed by atoms with Gasteiger partial charge in [-0.3, -0.25) is 24.6 Å². The molecule has 2 N–H and O–H groups in total. The fourth-order valence-electron chi connectivity index (χ4n) is 10.4. The lowest BCUT2D eigenvalue weighted by molar-refractivity contribution is -0.131. The van der Waals surface area contributed by atoms with E-state index in [1.807, 2.05) is 30.3 Å². The summed E-state index contributed by atoms with van der Waals surface area (Å²) < 4.78 is 21.2. The topological polar surface area (TPSA) is 106 Å². The molecular weight excluding hydrogens is 722 g/mol. The highest BCUT2D eigenvalue weighted by atomic mass is 19.1. The van der Waals surface area contributed by atoms with E-state index in [1.165, 1.54) is 41.6 Å². The number of carbonyl (C=O) groups is 3. The molecule has 10 rings (SSSR count). The molecule has 0 saturated carbocycles. The third-order valence-electron chi connectivity index (χ3n) is 13.5. The summed E-state index contributed by atoms with van der Waals surface area (Å²) in [6, 6.07) is 26.8. The molecule has 3 fully saturated rings. The number of hydrogen-bond donors (Lipinski definition) is 2. The largest absolute Gasteiger partial charge is 0.508 e. The Morgan fingerprint density at radius 3 is 2.30 bits per heavy atom. The van der Waals surface area contributed by atoms with E-state index in [9.17, 15) is 19.5 Å². The molecule has 292 valence electrons. The van der Waals surface area contributed by atoms with E-state index in [0.717, 1.165) is 74.5 Å². The molecule has 3 atom stereocenters. The molecule has 11 heteroatoms. The first-order valence-electron chi connectivity index (χ1n) is 20.2. The van der Waals surface area contributed by atoms with Gasteiger partial charge in [0.15, 0.2) is 0 Å². The van der Waals surface area contributed by atoms with Gasteiger partial charge in [0.2, 0.25) is 5.91 Å². The van der Waals surface area contributed by atoms with Gasteiger partial charge in [-0.05, 0) is 96.3 Å². The van der Waals surface area contributed by atoms with Crippen LogP contribution in [0.25, 0.3) is 0 Å². The fraction of sp³-hybridized carbons (Fsp3) is 0.370. The molecule has 6 heterocycles. The number of likely N-dealkylation sites (tertiary alicyclic amines) is 1. The monoisotopic (exact) mass is 767 g/mol. The number of nitrogens with one attached hydrogen (secondary N) is 1. The number of aromatic hydroxyl groups is 1. The van der Waals surface area contributed by atoms with Gasteiger partial charge in [0.25, 0.3) is 11.8 Å². The van der Waals surface area contributed by atoms with E-state index >= 15 is 4.39 Å². The van der Waals surface area contributed by atoms with E-state index in [4.69, 9.17) is 4.74 Å². The normalized spacial score (nSPS) is 24.5. The summed E-state index contributed by atoms with van der Waals surface area (Å²) >= 11 is 0. The highest BCUT2D eigenvalue weighted by Crippen LogP contribution is 2.48. The first-order valence-corrected chi connectivity index (χ1v) is 20.2. The first kappa shape index (κ1) is 35.7. The Morgan fingerprint density at radius 1 is 0.807 bits per heavy atom. The second-order valence-corrected chi connectivity index (χ2v) is 16.8. The number of amides is 3. The number of hydrogen-bond acceptors (Lipinski definition) is 8. The number of halogens is 1. The van der Waals surface area contributed by atoms with Gasteiger partial charge in [0, 0.05) is 98.3 Å². The molecular formula is C46H46FN5O5. The Kier molecular flexibility index (Phi) is 8.81. The molecule has 1 spiro atoms. The summed E-state index contributed by atoms with van der Waals surface area (Å²) in [5.41, 5.74) is 6.97. The second kappa shape index (κ2) is 14.1. The van der Waals surface area contributed by atoms with Crippen molar-refractivity contribution in [1.82, 2.24) is 15.1 Å². The maximum absolute atomic E-state index is 15.1. The Labute approximate surface area is 331 Å². The average Bonchev–Trinajstić information content (AvgIpc) is 3.54. The van der Waals surface area contributed by atoms with Crippen LogP contribution >= 0.6 is 0 Å². The minimum absolute atomic E-state index is 0.104. The SMILES string of the molecule is O=C1C=CC(N2Cc3cc(N4CCC(N5CC6(CCN(c7ccc([C@@H]8c9ccc(O)cc9OC[C@@H]8c8ccccc8F)cc7)CC6)C5)CC4)ccc3C2=O)C(=O)N1. The lowest BCUT2D eigenvalue weighted by atomic mass is 9.70. The summed E-state index contributed by atoms with van der Waals surface area (Å²) in [4.78, 5) is 46.3. The van der Waals surface area contributed by atoms with E-state index < -0.39 is 17.9 Å². The second-order valence-electron chi connectivity index (χ2n) is 16.8. The van der Waals surface area contributed by atoms with Gasteiger partial charge in [0.05, 0.1) is 6.61 Å². The molecule has 57 heavy (non-hydrogen) atoms. The Hall–Kier alpha value is -5.68. The number of phenols is 1. The minimum atomic E-state index is -0.775. The summed E-state index contributed by atoms with van der Waals surface area (Å²) in [5, 5.41) is 12.4. The zero-order valence-corrected chi connectivity index (χ0v) is 31.8. The van der Waals surface area contributed by atoms with Crippen molar-refractivity contribution in [2.45, 2.75) is 56.1 Å². The molecule has 6 aliphatic heterocycles. The molecule has 0 bridgehead atoms. The van der Waals surface area contributed by atoms with E-state index in [-0.39, 0.29) is 29.3 Å². The van der Waals surface area contributed by atoms with Crippen LogP contribution in [0, 0.1) is 11.2 Å². The van der Waals surface area contributed by atoms with E-state index in [0.29, 0.717) is 41.5 Å². The maximum atomic E-state index is 15.1. The van der Waals surface area contributed by atoms with Crippen LogP contribution in [0.3, 0.4) is 0 Å². The van der Waals surface area contributed by atoms with Gasteiger partial charge >= 0.3 is 0 Å². The molecule has 3 saturated heterocycles. The van der Waals surface area contributed by atoms with Crippen LogP contribution < -0.4 is 19.9 Å². The van der Waals surface area contributed by atoms with Crippen LogP contribution in [0.15, 0.2) is 97.1 Å². The fourth-order valence-corrected chi connectivity index (χ4v) is 10.4. The molecule has 4 aromatic rings. The van der Waals surface area contributed by atoms with Crippen LogP contribution in [-0.4, -0.2) is 90.6 Å². The number of fused-ring (bicyclic) bond motifs is 2. The number of piperidine rings is 2. The van der Waals surface area contributed by atoms with Crippen molar-refractivity contribution in [3.63, 3.8) is 0 Å². The first-order chi connectivity index (χ1) is 27.7. The van der Waals surface area contributed by atoms with Gasteiger partial charge < -0.3 is 24.5 Å². The number of phenolic OH excluding ortho intramolecular Hbond substituents is 1. The van der Waals surface area contributed by atoms with Crippen molar-refractivity contribution in [1.29, 1.82) is 0 Å². The predicted molar refractivity (Wildman–Crippen MR) is 214 cm³/mol. The zero-order chi connectivity index (χ0) is 38.8. The number of rotatable bonds is 6. The molecule has 0 aromatic heterocycles. The van der Waals surface area contributed by atoms with Crippen LogP contribution in [0.1, 0.15) is 70.1 Å². The van der Waals surface area contributed by atoms with Gasteiger partial charge in [-0.25, -0.2) is 4.39 Å². The van der Waals surface area contributed by atoms with E-state index in [2.05, 4.69) is 50.3 Å². The van der Waals surface area contributed by atoms with Crippen molar-refractivity contribution in [3.8, 4) is 11.5 Å². The van der Waals surface area contributed by atoms with Gasteiger partial charge in [-0.1, -0.05) is 36.4 Å². The molecule has 10 nitrogen and oxygen atoms in total. The number of carbonyl (C=O) groups excluding carboxylic acids is 3. The molecule has 4 aromatic carbocycles. The van der Waals surface area contributed by atoms with Crippen molar-refractivity contribution in [3.05, 3.63) is 131 Å². The number of nitrogens with zero attached hydrogens (tertiary/aromatic N) is 4. The number of imide groups is 1. The third-order valence-corrected chi connectivity index (χ3v) is 13.5. The van der Waals surface area contributed by atoms with Gasteiger partial charge in [-0.15, -0.1) is 0 Å². The third kappa shape index (κ3) is 6.42. The van der Waals surface area contributed by atoms with Crippen LogP contribution in [-0.2, 0) is 16.1 Å². The van der Waals surface area contributed by atoms with Gasteiger partial charge in [0.1, 0.15) is 23.4 Å². The van der Waals surface area contributed by atoms with Crippen LogP contribution in [0.2, 0.25) is 0 Å². The Morgan fingerprint density at radius 2 is 1.54 bits per heavy atom. The molecule has 0 aliphatic carbocycles. The van der Waals surface area contributed by atoms with Crippen molar-refractivity contribution >= 4 is 29.1 Å². The lowest BCUT2D eigenvalue weighted by Gasteiger charge is -2.57. The Balaban J connectivity index is 0.736. The number of benzene rings is 4. The zero-order valence-electron chi connectivity index (χ0n) is 31.8. The Bertz CT molecular complexity index is 2270. The summed E-state index contributed by atoms with van der Waals surface area (Å²) in [5.74, 6) is -0.818. The smallest absolute Gasteiger partial charge is 0.255 e. The maximum Gasteiger partial charge on any atom is 0.255 e. The number of ether oxygens (including phenoxy) is 1. The van der Waals surface area contributed by atoms with Crippen LogP contribution in [0.5, 0.6) is 11.5 Å². The number of anilines is 2. The van der Waals surface area contributed by atoms with Crippen molar-refractivity contribution in [2.75, 3.05) is 55.7 Å². The molecule has 0 radical (unpaired) electrons. The van der Waals surface area contributed by atoms with Crippen molar-refractivity contribution in [2.24, 2.45) is 5.41 Å². The predicted octanol–water partition coefficient (Wildman–Crippen LogP) is 5.95.